The Hall–Kier alpha value is -3.40. The summed E-state index contributed by atoms with van der Waals surface area (Å²) < 4.78 is 79.1. The number of aryl methyl sites for hydroxylation is 1. The Bertz CT molecular complexity index is 1220. The molecule has 3 aromatic carbocycles. The maximum atomic E-state index is 13.0. The molecule has 0 heterocycles. The van der Waals surface area contributed by atoms with Crippen LogP contribution >= 0.6 is 0 Å². The maximum absolute atomic E-state index is 13.0. The van der Waals surface area contributed by atoms with Gasteiger partial charge in [0.2, 0.25) is 0 Å². The summed E-state index contributed by atoms with van der Waals surface area (Å²) in [4.78, 5) is 12.4. The molecule has 162 valence electrons. The molecule has 0 aromatic heterocycles. The number of hydrogen-bond acceptors (Lipinski definition) is 3. The van der Waals surface area contributed by atoms with E-state index in [0.717, 1.165) is 36.4 Å². The van der Waals surface area contributed by atoms with Crippen molar-refractivity contribution in [3.05, 3.63) is 89.2 Å². The fourth-order valence-electron chi connectivity index (χ4n) is 2.72. The number of carbonyl (C=O) groups is 1. The minimum Gasteiger partial charge on any atom is -0.322 e. The van der Waals surface area contributed by atoms with Crippen LogP contribution in [-0.4, -0.2) is 14.3 Å². The molecule has 0 saturated heterocycles. The van der Waals surface area contributed by atoms with Gasteiger partial charge in [0.25, 0.3) is 15.9 Å². The van der Waals surface area contributed by atoms with Gasteiger partial charge in [-0.25, -0.2) is 12.8 Å². The molecular formula is C21H16F4N2O3S. The van der Waals surface area contributed by atoms with E-state index >= 15 is 0 Å². The lowest BCUT2D eigenvalue weighted by molar-refractivity contribution is -0.137. The number of benzene rings is 3. The van der Waals surface area contributed by atoms with Gasteiger partial charge < -0.3 is 5.32 Å². The van der Waals surface area contributed by atoms with Crippen molar-refractivity contribution in [3.8, 4) is 0 Å². The van der Waals surface area contributed by atoms with Crippen LogP contribution in [0.2, 0.25) is 0 Å². The molecule has 0 atom stereocenters. The first-order valence-corrected chi connectivity index (χ1v) is 10.3. The number of carbonyl (C=O) groups excluding carboxylic acids is 1. The van der Waals surface area contributed by atoms with Crippen molar-refractivity contribution in [2.24, 2.45) is 0 Å². The molecule has 0 saturated carbocycles. The molecule has 0 bridgehead atoms. The molecule has 10 heteroatoms. The number of sulfonamides is 1. The minimum atomic E-state index is -4.57. The molecule has 0 spiro atoms. The molecular weight excluding hydrogens is 436 g/mol. The number of amides is 1. The predicted octanol–water partition coefficient (Wildman–Crippen LogP) is 5.21. The van der Waals surface area contributed by atoms with Crippen molar-refractivity contribution in [1.29, 1.82) is 0 Å². The summed E-state index contributed by atoms with van der Waals surface area (Å²) in [6.45, 7) is 1.56. The monoisotopic (exact) mass is 452 g/mol. The third-order valence-electron chi connectivity index (χ3n) is 4.31. The van der Waals surface area contributed by atoms with Crippen molar-refractivity contribution in [2.45, 2.75) is 18.0 Å². The number of hydrogen-bond donors (Lipinski definition) is 2. The normalized spacial score (nSPS) is 11.8. The van der Waals surface area contributed by atoms with E-state index < -0.39 is 33.5 Å². The molecule has 0 fully saturated rings. The first-order chi connectivity index (χ1) is 14.5. The third-order valence-corrected chi connectivity index (χ3v) is 5.69. The van der Waals surface area contributed by atoms with E-state index in [0.29, 0.717) is 5.56 Å². The Kier molecular flexibility index (Phi) is 6.03. The van der Waals surface area contributed by atoms with Gasteiger partial charge >= 0.3 is 6.18 Å². The fourth-order valence-corrected chi connectivity index (χ4v) is 3.80. The average Bonchev–Trinajstić information content (AvgIpc) is 2.69. The highest BCUT2D eigenvalue weighted by Crippen LogP contribution is 2.31. The number of rotatable bonds is 5. The van der Waals surface area contributed by atoms with Gasteiger partial charge in [0.15, 0.2) is 0 Å². The maximum Gasteiger partial charge on any atom is 0.416 e. The fraction of sp³-hybridized carbons (Fsp3) is 0.0952. The summed E-state index contributed by atoms with van der Waals surface area (Å²) in [7, 11) is -4.10. The SMILES string of the molecule is Cc1ccc(S(=O)(=O)Nc2ccc(F)cc2)cc1C(=O)Nc1cccc(C(F)(F)F)c1. The van der Waals surface area contributed by atoms with Gasteiger partial charge in [-0.15, -0.1) is 0 Å². The van der Waals surface area contributed by atoms with Gasteiger partial charge in [0.1, 0.15) is 5.82 Å². The second-order valence-corrected chi connectivity index (χ2v) is 8.30. The lowest BCUT2D eigenvalue weighted by atomic mass is 10.1. The average molecular weight is 452 g/mol. The second kappa shape index (κ2) is 8.38. The molecule has 1 amide bonds. The van der Waals surface area contributed by atoms with Crippen LogP contribution in [0.25, 0.3) is 0 Å². The standard InChI is InChI=1S/C21H16F4N2O3S/c1-13-5-10-18(31(29,30)27-16-8-6-15(22)7-9-16)12-19(13)20(28)26-17-4-2-3-14(11-17)21(23,24)25/h2-12,27H,1H3,(H,26,28). The summed E-state index contributed by atoms with van der Waals surface area (Å²) in [5.41, 5.74) is -0.500. The quantitative estimate of drug-likeness (QED) is 0.522. The summed E-state index contributed by atoms with van der Waals surface area (Å²) in [5, 5.41) is 2.35. The van der Waals surface area contributed by atoms with Crippen LogP contribution in [0.15, 0.2) is 71.6 Å². The van der Waals surface area contributed by atoms with E-state index in [1.165, 1.54) is 30.3 Å². The molecule has 5 nitrogen and oxygen atoms in total. The molecule has 0 radical (unpaired) electrons. The van der Waals surface area contributed by atoms with Gasteiger partial charge in [-0.05, 0) is 67.1 Å². The minimum absolute atomic E-state index is 0.0283. The Labute approximate surface area is 175 Å². The highest BCUT2D eigenvalue weighted by atomic mass is 32.2. The summed E-state index contributed by atoms with van der Waals surface area (Å²) in [6.07, 6.45) is -4.57. The highest BCUT2D eigenvalue weighted by Gasteiger charge is 2.30. The molecule has 0 aliphatic rings. The molecule has 31 heavy (non-hydrogen) atoms. The van der Waals surface area contributed by atoms with Crippen molar-refractivity contribution >= 4 is 27.3 Å². The summed E-state index contributed by atoms with van der Waals surface area (Å²) in [5.74, 6) is -1.30. The van der Waals surface area contributed by atoms with Gasteiger partial charge in [0.05, 0.1) is 10.5 Å². The lowest BCUT2D eigenvalue weighted by Crippen LogP contribution is -2.17. The summed E-state index contributed by atoms with van der Waals surface area (Å²) >= 11 is 0. The number of nitrogens with one attached hydrogen (secondary N) is 2. The third kappa shape index (κ3) is 5.40. The van der Waals surface area contributed by atoms with E-state index in [1.807, 2.05) is 0 Å². The molecule has 0 unspecified atom stereocenters. The molecule has 0 aliphatic carbocycles. The van der Waals surface area contributed by atoms with Crippen LogP contribution in [-0.2, 0) is 16.2 Å². The van der Waals surface area contributed by atoms with Crippen LogP contribution in [0, 0.1) is 12.7 Å². The number of anilines is 2. The zero-order chi connectivity index (χ0) is 22.8. The second-order valence-electron chi connectivity index (χ2n) is 6.62. The Morgan fingerprint density at radius 1 is 0.903 bits per heavy atom. The van der Waals surface area contributed by atoms with E-state index in [2.05, 4.69) is 10.0 Å². The largest absolute Gasteiger partial charge is 0.416 e. The van der Waals surface area contributed by atoms with Gasteiger partial charge in [-0.3, -0.25) is 9.52 Å². The van der Waals surface area contributed by atoms with Gasteiger partial charge in [-0.1, -0.05) is 12.1 Å². The van der Waals surface area contributed by atoms with E-state index in [-0.39, 0.29) is 21.8 Å². The molecule has 3 rings (SSSR count). The molecule has 3 aromatic rings. The Morgan fingerprint density at radius 3 is 2.23 bits per heavy atom. The van der Waals surface area contributed by atoms with E-state index in [9.17, 15) is 30.8 Å². The first kappa shape index (κ1) is 22.3. The van der Waals surface area contributed by atoms with Gasteiger partial charge in [-0.2, -0.15) is 13.2 Å². The molecule has 0 aliphatic heterocycles. The Balaban J connectivity index is 1.86. The van der Waals surface area contributed by atoms with Crippen molar-refractivity contribution in [2.75, 3.05) is 10.0 Å². The number of halogens is 4. The van der Waals surface area contributed by atoms with Crippen LogP contribution in [0.5, 0.6) is 0 Å². The van der Waals surface area contributed by atoms with Gasteiger partial charge in [0, 0.05) is 16.9 Å². The van der Waals surface area contributed by atoms with Crippen molar-refractivity contribution in [3.63, 3.8) is 0 Å². The van der Waals surface area contributed by atoms with Crippen LogP contribution < -0.4 is 10.0 Å². The topological polar surface area (TPSA) is 75.3 Å². The van der Waals surface area contributed by atoms with Crippen LogP contribution in [0.3, 0.4) is 0 Å². The van der Waals surface area contributed by atoms with Crippen LogP contribution in [0.4, 0.5) is 28.9 Å². The van der Waals surface area contributed by atoms with E-state index in [1.54, 1.807) is 6.92 Å². The zero-order valence-corrected chi connectivity index (χ0v) is 16.8. The predicted molar refractivity (Wildman–Crippen MR) is 108 cm³/mol. The van der Waals surface area contributed by atoms with E-state index in [4.69, 9.17) is 0 Å². The number of alkyl halides is 3. The lowest BCUT2D eigenvalue weighted by Gasteiger charge is -2.13. The smallest absolute Gasteiger partial charge is 0.322 e. The first-order valence-electron chi connectivity index (χ1n) is 8.83. The summed E-state index contributed by atoms with van der Waals surface area (Å²) in [6, 6.07) is 12.5. The Morgan fingerprint density at radius 2 is 1.58 bits per heavy atom. The highest BCUT2D eigenvalue weighted by molar-refractivity contribution is 7.92. The van der Waals surface area contributed by atoms with Crippen LogP contribution in [0.1, 0.15) is 21.5 Å². The molecule has 2 N–H and O–H groups in total. The van der Waals surface area contributed by atoms with Crippen molar-refractivity contribution < 1.29 is 30.8 Å². The van der Waals surface area contributed by atoms with Crippen molar-refractivity contribution in [1.82, 2.24) is 0 Å². The zero-order valence-electron chi connectivity index (χ0n) is 16.0.